The normalized spacial score (nSPS) is 12.1. The van der Waals surface area contributed by atoms with Crippen molar-refractivity contribution in [1.29, 1.82) is 0 Å². The average molecular weight is 515 g/mol. The highest BCUT2D eigenvalue weighted by Gasteiger charge is 2.26. The maximum Gasteiger partial charge on any atom is 0.0623 e. The maximum absolute atomic E-state index is 3.76. The molecule has 0 radical (unpaired) electrons. The van der Waals surface area contributed by atoms with Crippen molar-refractivity contribution in [3.63, 3.8) is 0 Å². The Morgan fingerprint density at radius 3 is 1.66 bits per heavy atom. The zero-order valence-corrected chi connectivity index (χ0v) is 21.2. The molecule has 152 valence electrons. The third-order valence-corrected chi connectivity index (χ3v) is 7.06. The van der Waals surface area contributed by atoms with Crippen LogP contribution in [0.25, 0.3) is 21.8 Å². The van der Waals surface area contributed by atoms with Gasteiger partial charge in [-0.25, -0.2) is 0 Å². The molecule has 0 saturated heterocycles. The minimum absolute atomic E-state index is 0.0710. The summed E-state index contributed by atoms with van der Waals surface area (Å²) in [6.07, 6.45) is 0. The predicted octanol–water partition coefficient (Wildman–Crippen LogP) is 9.13. The Hall–Kier alpha value is -1.58. The number of nitrogens with one attached hydrogen (secondary N) is 1. The summed E-state index contributed by atoms with van der Waals surface area (Å²) in [7, 11) is 0. The zero-order chi connectivity index (χ0) is 21.4. The Balaban J connectivity index is 0.000000343. The van der Waals surface area contributed by atoms with Gasteiger partial charge in [-0.1, -0.05) is 90.1 Å². The van der Waals surface area contributed by atoms with E-state index in [1.165, 1.54) is 32.9 Å². The van der Waals surface area contributed by atoms with Gasteiger partial charge in [0.2, 0.25) is 0 Å². The smallest absolute Gasteiger partial charge is 0.0623 e. The molecule has 0 aliphatic heterocycles. The van der Waals surface area contributed by atoms with Crippen LogP contribution in [0, 0.1) is 0 Å². The molecule has 0 spiro atoms. The SMILES string of the molecule is CC(C)(C)c1cccc2[nH]c3c(Br)c(Br)cc(C(C)(C)C)c3c12.c1ccccc1. The van der Waals surface area contributed by atoms with Crippen LogP contribution in [-0.4, -0.2) is 4.98 Å². The molecular weight excluding hydrogens is 486 g/mol. The summed E-state index contributed by atoms with van der Waals surface area (Å²) >= 11 is 7.46. The maximum atomic E-state index is 3.76. The number of aromatic amines is 1. The van der Waals surface area contributed by atoms with E-state index in [0.29, 0.717) is 0 Å². The topological polar surface area (TPSA) is 15.8 Å². The third-order valence-electron chi connectivity index (χ3n) is 5.08. The van der Waals surface area contributed by atoms with Crippen LogP contribution in [0.5, 0.6) is 0 Å². The van der Waals surface area contributed by atoms with E-state index in [9.17, 15) is 0 Å². The molecule has 0 saturated carbocycles. The summed E-state index contributed by atoms with van der Waals surface area (Å²) in [5.41, 5.74) is 5.31. The first-order valence-electron chi connectivity index (χ1n) is 9.95. The molecule has 29 heavy (non-hydrogen) atoms. The number of aromatic nitrogens is 1. The van der Waals surface area contributed by atoms with E-state index in [2.05, 4.69) is 103 Å². The minimum Gasteiger partial charge on any atom is -0.354 e. The first-order valence-corrected chi connectivity index (χ1v) is 11.5. The molecule has 0 atom stereocenters. The van der Waals surface area contributed by atoms with Crippen molar-refractivity contribution in [2.24, 2.45) is 0 Å². The highest BCUT2D eigenvalue weighted by atomic mass is 79.9. The van der Waals surface area contributed by atoms with Crippen molar-refractivity contribution >= 4 is 53.7 Å². The Labute approximate surface area is 191 Å². The van der Waals surface area contributed by atoms with E-state index in [1.54, 1.807) is 0 Å². The van der Waals surface area contributed by atoms with Crippen LogP contribution in [0.2, 0.25) is 0 Å². The minimum atomic E-state index is 0.0710. The molecule has 0 bridgehead atoms. The zero-order valence-electron chi connectivity index (χ0n) is 18.0. The molecule has 3 aromatic carbocycles. The quantitative estimate of drug-likeness (QED) is 0.240. The van der Waals surface area contributed by atoms with Crippen molar-refractivity contribution in [3.05, 3.63) is 80.7 Å². The monoisotopic (exact) mass is 513 g/mol. The fourth-order valence-corrected chi connectivity index (χ4v) is 4.50. The molecule has 1 aromatic heterocycles. The molecule has 4 rings (SSSR count). The second-order valence-corrected chi connectivity index (χ2v) is 11.1. The Bertz CT molecular complexity index is 1100. The van der Waals surface area contributed by atoms with Gasteiger partial charge >= 0.3 is 0 Å². The molecule has 3 heteroatoms. The summed E-state index contributed by atoms with van der Waals surface area (Å²) in [5.74, 6) is 0. The van der Waals surface area contributed by atoms with E-state index < -0.39 is 0 Å². The van der Waals surface area contributed by atoms with Crippen LogP contribution in [0.1, 0.15) is 52.7 Å². The predicted molar refractivity (Wildman–Crippen MR) is 135 cm³/mol. The Morgan fingerprint density at radius 2 is 1.17 bits per heavy atom. The number of halogens is 2. The molecular formula is C26H29Br2N. The van der Waals surface area contributed by atoms with Gasteiger partial charge in [0, 0.05) is 20.8 Å². The summed E-state index contributed by atoms with van der Waals surface area (Å²) in [6.45, 7) is 13.7. The lowest BCUT2D eigenvalue weighted by molar-refractivity contribution is 0.592. The fourth-order valence-electron chi connectivity index (χ4n) is 3.67. The molecule has 0 fully saturated rings. The first-order chi connectivity index (χ1) is 13.5. The van der Waals surface area contributed by atoms with Gasteiger partial charge in [-0.05, 0) is 65.9 Å². The van der Waals surface area contributed by atoms with Crippen molar-refractivity contribution < 1.29 is 0 Å². The molecule has 1 nitrogen and oxygen atoms in total. The van der Waals surface area contributed by atoms with E-state index in [-0.39, 0.29) is 10.8 Å². The van der Waals surface area contributed by atoms with Gasteiger partial charge in [-0.2, -0.15) is 0 Å². The Morgan fingerprint density at radius 1 is 0.655 bits per heavy atom. The third kappa shape index (κ3) is 4.62. The lowest BCUT2D eigenvalue weighted by Crippen LogP contribution is -2.14. The van der Waals surface area contributed by atoms with Gasteiger partial charge in [0.25, 0.3) is 0 Å². The van der Waals surface area contributed by atoms with Crippen LogP contribution in [0.3, 0.4) is 0 Å². The lowest BCUT2D eigenvalue weighted by Gasteiger charge is -2.24. The van der Waals surface area contributed by atoms with Gasteiger partial charge in [0.15, 0.2) is 0 Å². The summed E-state index contributed by atoms with van der Waals surface area (Å²) in [5, 5.41) is 2.70. The lowest BCUT2D eigenvalue weighted by atomic mass is 9.80. The number of fused-ring (bicyclic) bond motifs is 3. The number of benzene rings is 3. The van der Waals surface area contributed by atoms with Crippen LogP contribution in [-0.2, 0) is 10.8 Å². The highest BCUT2D eigenvalue weighted by Crippen LogP contribution is 2.44. The molecule has 4 aromatic rings. The van der Waals surface area contributed by atoms with Crippen molar-refractivity contribution in [3.8, 4) is 0 Å². The number of H-pyrrole nitrogens is 1. The standard InChI is InChI=1S/C20H23Br2N.C6H6/c1-19(2,3)11-8-7-9-14-15(11)16-12(20(4,5)6)10-13(21)17(22)18(16)23-14;1-2-4-6-5-3-1/h7-10,23H,1-6H3;1-6H. The molecule has 1 N–H and O–H groups in total. The molecule has 0 aliphatic rings. The second-order valence-electron chi connectivity index (χ2n) is 9.48. The highest BCUT2D eigenvalue weighted by molar-refractivity contribution is 9.13. The number of hydrogen-bond donors (Lipinski definition) is 1. The van der Waals surface area contributed by atoms with Gasteiger partial charge in [-0.3, -0.25) is 0 Å². The summed E-state index contributed by atoms with van der Waals surface area (Å²) in [6, 6.07) is 20.9. The average Bonchev–Trinajstić information content (AvgIpc) is 3.04. The second kappa shape index (κ2) is 8.28. The number of rotatable bonds is 0. The van der Waals surface area contributed by atoms with E-state index in [1.807, 2.05) is 36.4 Å². The fraction of sp³-hybridized carbons (Fsp3) is 0.308. The molecule has 0 amide bonds. The van der Waals surface area contributed by atoms with Crippen molar-refractivity contribution in [2.75, 3.05) is 0 Å². The van der Waals surface area contributed by atoms with Gasteiger partial charge < -0.3 is 4.98 Å². The Kier molecular flexibility index (Phi) is 6.31. The van der Waals surface area contributed by atoms with Gasteiger partial charge in [0.1, 0.15) is 0 Å². The van der Waals surface area contributed by atoms with Gasteiger partial charge in [0.05, 0.1) is 9.99 Å². The van der Waals surface area contributed by atoms with Crippen LogP contribution in [0.4, 0.5) is 0 Å². The summed E-state index contributed by atoms with van der Waals surface area (Å²) < 4.78 is 2.19. The first kappa shape index (κ1) is 22.1. The van der Waals surface area contributed by atoms with E-state index in [4.69, 9.17) is 0 Å². The van der Waals surface area contributed by atoms with Crippen molar-refractivity contribution in [1.82, 2.24) is 4.98 Å². The number of hydrogen-bond acceptors (Lipinski definition) is 0. The van der Waals surface area contributed by atoms with E-state index in [0.717, 1.165) is 8.95 Å². The van der Waals surface area contributed by atoms with Crippen LogP contribution in [0.15, 0.2) is 69.6 Å². The van der Waals surface area contributed by atoms with Crippen molar-refractivity contribution in [2.45, 2.75) is 52.4 Å². The largest absolute Gasteiger partial charge is 0.354 e. The molecule has 0 aliphatic carbocycles. The summed E-state index contributed by atoms with van der Waals surface area (Å²) in [4.78, 5) is 3.64. The molecule has 0 unspecified atom stereocenters. The van der Waals surface area contributed by atoms with E-state index >= 15 is 0 Å². The van der Waals surface area contributed by atoms with Gasteiger partial charge in [-0.15, -0.1) is 0 Å². The van der Waals surface area contributed by atoms with Crippen LogP contribution < -0.4 is 0 Å². The van der Waals surface area contributed by atoms with Crippen LogP contribution >= 0.6 is 31.9 Å². The molecule has 1 heterocycles.